The van der Waals surface area contributed by atoms with Crippen LogP contribution in [0.5, 0.6) is 0 Å². The van der Waals surface area contributed by atoms with Crippen molar-refractivity contribution in [3.63, 3.8) is 0 Å². The van der Waals surface area contributed by atoms with Gasteiger partial charge in [0.25, 0.3) is 0 Å². The van der Waals surface area contributed by atoms with Gasteiger partial charge in [0.1, 0.15) is 0 Å². The van der Waals surface area contributed by atoms with Gasteiger partial charge in [-0.1, -0.05) is 29.8 Å². The lowest BCUT2D eigenvalue weighted by atomic mass is 10.1. The van der Waals surface area contributed by atoms with E-state index in [0.717, 1.165) is 17.2 Å². The van der Waals surface area contributed by atoms with E-state index in [-0.39, 0.29) is 28.5 Å². The summed E-state index contributed by atoms with van der Waals surface area (Å²) in [6.07, 6.45) is 0. The van der Waals surface area contributed by atoms with Crippen LogP contribution < -0.4 is 5.32 Å². The summed E-state index contributed by atoms with van der Waals surface area (Å²) < 4.78 is 0. The van der Waals surface area contributed by atoms with Gasteiger partial charge < -0.3 is 15.5 Å². The predicted molar refractivity (Wildman–Crippen MR) is 96.3 cm³/mol. The van der Waals surface area contributed by atoms with Crippen molar-refractivity contribution >= 4 is 35.3 Å². The molecule has 0 radical (unpaired) electrons. The van der Waals surface area contributed by atoms with E-state index >= 15 is 0 Å². The molecule has 0 aliphatic heterocycles. The van der Waals surface area contributed by atoms with Crippen LogP contribution in [0.2, 0.25) is 0 Å². The minimum Gasteiger partial charge on any atom is -0.478 e. The highest BCUT2D eigenvalue weighted by atomic mass is 32.2. The highest BCUT2D eigenvalue weighted by Crippen LogP contribution is 2.17. The molecule has 0 saturated carbocycles. The first-order valence-electron chi connectivity index (χ1n) is 7.40. The van der Waals surface area contributed by atoms with Crippen LogP contribution in [0.4, 0.5) is 5.69 Å². The van der Waals surface area contributed by atoms with Crippen molar-refractivity contribution in [3.8, 4) is 0 Å². The van der Waals surface area contributed by atoms with Gasteiger partial charge in [0.2, 0.25) is 5.91 Å². The van der Waals surface area contributed by atoms with Crippen molar-refractivity contribution in [1.82, 2.24) is 0 Å². The summed E-state index contributed by atoms with van der Waals surface area (Å²) in [7, 11) is 0. The second-order valence-corrected chi connectivity index (χ2v) is 6.42. The molecule has 1 amide bonds. The van der Waals surface area contributed by atoms with E-state index in [1.54, 1.807) is 0 Å². The summed E-state index contributed by atoms with van der Waals surface area (Å²) in [5.41, 5.74) is 2.02. The Kier molecular flexibility index (Phi) is 6.19. The first-order valence-corrected chi connectivity index (χ1v) is 8.55. The lowest BCUT2D eigenvalue weighted by Gasteiger charge is -2.08. The van der Waals surface area contributed by atoms with E-state index in [0.29, 0.717) is 5.75 Å². The molecule has 0 fully saturated rings. The third-order valence-corrected chi connectivity index (χ3v) is 4.30. The molecular formula is C18H17NO5S. The van der Waals surface area contributed by atoms with Crippen LogP contribution in [0.25, 0.3) is 0 Å². The summed E-state index contributed by atoms with van der Waals surface area (Å²) in [4.78, 5) is 34.1. The van der Waals surface area contributed by atoms with Crippen LogP contribution in [0, 0.1) is 6.92 Å². The zero-order chi connectivity index (χ0) is 18.4. The van der Waals surface area contributed by atoms with Gasteiger partial charge in [0.15, 0.2) is 0 Å². The highest BCUT2D eigenvalue weighted by Gasteiger charge is 2.13. The third kappa shape index (κ3) is 5.65. The van der Waals surface area contributed by atoms with Crippen LogP contribution in [0.1, 0.15) is 31.8 Å². The van der Waals surface area contributed by atoms with Crippen LogP contribution in [-0.4, -0.2) is 33.8 Å². The van der Waals surface area contributed by atoms with Gasteiger partial charge >= 0.3 is 11.9 Å². The number of anilines is 1. The van der Waals surface area contributed by atoms with E-state index < -0.39 is 11.9 Å². The lowest BCUT2D eigenvalue weighted by molar-refractivity contribution is -0.113. The number of rotatable bonds is 7. The van der Waals surface area contributed by atoms with Gasteiger partial charge in [0, 0.05) is 11.4 Å². The fraction of sp³-hybridized carbons (Fsp3) is 0.167. The van der Waals surface area contributed by atoms with Gasteiger partial charge in [-0.05, 0) is 30.7 Å². The van der Waals surface area contributed by atoms with Gasteiger partial charge in [0.05, 0.1) is 16.9 Å². The fourth-order valence-electron chi connectivity index (χ4n) is 2.21. The molecule has 3 N–H and O–H groups in total. The quantitative estimate of drug-likeness (QED) is 0.701. The van der Waals surface area contributed by atoms with E-state index in [1.165, 1.54) is 23.9 Å². The van der Waals surface area contributed by atoms with E-state index in [9.17, 15) is 14.4 Å². The number of aromatic carboxylic acids is 2. The number of aryl methyl sites for hydroxylation is 1. The number of hydrogen-bond donors (Lipinski definition) is 3. The molecule has 0 aliphatic carbocycles. The average Bonchev–Trinajstić information content (AvgIpc) is 2.54. The summed E-state index contributed by atoms with van der Waals surface area (Å²) in [5, 5.41) is 20.6. The first-order chi connectivity index (χ1) is 11.8. The SMILES string of the molecule is Cc1cccc(CSCC(=O)Nc2cc(C(=O)O)cc(C(=O)O)c2)c1. The van der Waals surface area contributed by atoms with Crippen molar-refractivity contribution in [2.24, 2.45) is 0 Å². The number of carbonyl (C=O) groups excluding carboxylic acids is 1. The molecule has 130 valence electrons. The average molecular weight is 359 g/mol. The van der Waals surface area contributed by atoms with Crippen molar-refractivity contribution in [3.05, 3.63) is 64.7 Å². The molecule has 2 aromatic rings. The van der Waals surface area contributed by atoms with Gasteiger partial charge in [-0.15, -0.1) is 11.8 Å². The summed E-state index contributed by atoms with van der Waals surface area (Å²) in [5.74, 6) is -1.99. The summed E-state index contributed by atoms with van der Waals surface area (Å²) in [6.45, 7) is 2.00. The molecule has 2 aromatic carbocycles. The molecule has 0 spiro atoms. The Balaban J connectivity index is 1.97. The summed E-state index contributed by atoms with van der Waals surface area (Å²) in [6, 6.07) is 11.5. The molecule has 0 atom stereocenters. The normalized spacial score (nSPS) is 10.3. The fourth-order valence-corrected chi connectivity index (χ4v) is 2.98. The second-order valence-electron chi connectivity index (χ2n) is 5.44. The number of benzene rings is 2. The van der Waals surface area contributed by atoms with Gasteiger partial charge in [-0.2, -0.15) is 0 Å². The largest absolute Gasteiger partial charge is 0.478 e. The Bertz CT molecular complexity index is 787. The molecule has 0 aliphatic rings. The molecule has 25 heavy (non-hydrogen) atoms. The number of carboxylic acid groups (broad SMARTS) is 2. The topological polar surface area (TPSA) is 104 Å². The van der Waals surface area contributed by atoms with Crippen LogP contribution in [-0.2, 0) is 10.5 Å². The Morgan fingerprint density at radius 1 is 1.00 bits per heavy atom. The van der Waals surface area contributed by atoms with Crippen molar-refractivity contribution in [1.29, 1.82) is 0 Å². The maximum atomic E-state index is 12.0. The summed E-state index contributed by atoms with van der Waals surface area (Å²) >= 11 is 1.42. The smallest absolute Gasteiger partial charge is 0.335 e. The maximum Gasteiger partial charge on any atom is 0.335 e. The molecule has 0 bridgehead atoms. The minimum atomic E-state index is -1.26. The van der Waals surface area contributed by atoms with Crippen LogP contribution >= 0.6 is 11.8 Å². The third-order valence-electron chi connectivity index (χ3n) is 3.30. The predicted octanol–water partition coefficient (Wildman–Crippen LogP) is 3.26. The molecular weight excluding hydrogens is 342 g/mol. The highest BCUT2D eigenvalue weighted by molar-refractivity contribution is 7.99. The molecule has 6 nitrogen and oxygen atoms in total. The number of thioether (sulfide) groups is 1. The number of hydrogen-bond acceptors (Lipinski definition) is 4. The molecule has 7 heteroatoms. The molecule has 0 heterocycles. The maximum absolute atomic E-state index is 12.0. The number of carboxylic acids is 2. The Morgan fingerprint density at radius 3 is 2.20 bits per heavy atom. The molecule has 0 aromatic heterocycles. The molecule has 2 rings (SSSR count). The molecule has 0 unspecified atom stereocenters. The monoisotopic (exact) mass is 359 g/mol. The van der Waals surface area contributed by atoms with E-state index in [4.69, 9.17) is 10.2 Å². The zero-order valence-corrected chi connectivity index (χ0v) is 14.3. The standard InChI is InChI=1S/C18H17NO5S/c1-11-3-2-4-12(5-11)9-25-10-16(20)19-15-7-13(17(21)22)6-14(8-15)18(23)24/h2-8H,9-10H2,1H3,(H,19,20)(H,21,22)(H,23,24). The number of amides is 1. The van der Waals surface area contributed by atoms with Crippen LogP contribution in [0.15, 0.2) is 42.5 Å². The van der Waals surface area contributed by atoms with Crippen LogP contribution in [0.3, 0.4) is 0 Å². The minimum absolute atomic E-state index is 0.151. The lowest BCUT2D eigenvalue weighted by Crippen LogP contribution is -2.15. The zero-order valence-electron chi connectivity index (χ0n) is 13.5. The van der Waals surface area contributed by atoms with Crippen molar-refractivity contribution in [2.75, 3.05) is 11.1 Å². The van der Waals surface area contributed by atoms with Crippen molar-refractivity contribution < 1.29 is 24.6 Å². The van der Waals surface area contributed by atoms with E-state index in [2.05, 4.69) is 5.32 Å². The first kappa shape index (κ1) is 18.5. The Morgan fingerprint density at radius 2 is 1.64 bits per heavy atom. The second kappa shape index (κ2) is 8.34. The number of carbonyl (C=O) groups is 3. The Hall–Kier alpha value is -2.80. The van der Waals surface area contributed by atoms with Crippen molar-refractivity contribution in [2.45, 2.75) is 12.7 Å². The van der Waals surface area contributed by atoms with Gasteiger partial charge in [-0.25, -0.2) is 9.59 Å². The number of nitrogens with one attached hydrogen (secondary N) is 1. The van der Waals surface area contributed by atoms with E-state index in [1.807, 2.05) is 31.2 Å². The Labute approximate surface area is 148 Å². The van der Waals surface area contributed by atoms with Gasteiger partial charge in [-0.3, -0.25) is 4.79 Å². The molecule has 0 saturated heterocycles.